The minimum atomic E-state index is -0.693. The number of aromatic amines is 1. The minimum absolute atomic E-state index is 0.0233. The van der Waals surface area contributed by atoms with Gasteiger partial charge < -0.3 is 15.2 Å². The third-order valence-electron chi connectivity index (χ3n) is 2.91. The maximum absolute atomic E-state index is 11.4. The maximum atomic E-state index is 11.4. The average molecular weight is 301 g/mol. The molecule has 3 N–H and O–H groups in total. The van der Waals surface area contributed by atoms with E-state index in [9.17, 15) is 4.79 Å². The zero-order chi connectivity index (χ0) is 15.9. The molecule has 0 fully saturated rings. The van der Waals surface area contributed by atoms with Crippen LogP contribution < -0.4 is 15.2 Å². The summed E-state index contributed by atoms with van der Waals surface area (Å²) in [5.74, 6) is 0.231. The molecular formula is C14H15N5O3. The van der Waals surface area contributed by atoms with Gasteiger partial charge >= 0.3 is 0 Å². The number of methoxy groups -OCH3 is 1. The molecule has 2 rings (SSSR count). The monoisotopic (exact) mass is 301 g/mol. The van der Waals surface area contributed by atoms with E-state index < -0.39 is 5.91 Å². The van der Waals surface area contributed by atoms with E-state index in [4.69, 9.17) is 20.5 Å². The Morgan fingerprint density at radius 3 is 2.95 bits per heavy atom. The highest BCUT2D eigenvalue weighted by Gasteiger charge is 2.21. The van der Waals surface area contributed by atoms with Gasteiger partial charge in [-0.05, 0) is 18.6 Å². The largest absolute Gasteiger partial charge is 0.493 e. The van der Waals surface area contributed by atoms with Crippen LogP contribution in [-0.2, 0) is 0 Å². The lowest BCUT2D eigenvalue weighted by Crippen LogP contribution is -2.13. The van der Waals surface area contributed by atoms with Crippen LogP contribution >= 0.6 is 0 Å². The number of nitrogens with one attached hydrogen (secondary N) is 1. The number of primary amides is 1. The van der Waals surface area contributed by atoms with Gasteiger partial charge in [-0.1, -0.05) is 6.07 Å². The van der Waals surface area contributed by atoms with Crippen molar-refractivity contribution < 1.29 is 14.3 Å². The van der Waals surface area contributed by atoms with Gasteiger partial charge in [0.25, 0.3) is 5.91 Å². The minimum Gasteiger partial charge on any atom is -0.493 e. The second-order valence-corrected chi connectivity index (χ2v) is 4.33. The van der Waals surface area contributed by atoms with Crippen molar-refractivity contribution in [2.45, 2.75) is 12.8 Å². The first-order valence-electron chi connectivity index (χ1n) is 6.56. The molecule has 0 aliphatic carbocycles. The molecule has 1 aromatic heterocycles. The molecule has 8 heteroatoms. The zero-order valence-electron chi connectivity index (χ0n) is 12.0. The summed E-state index contributed by atoms with van der Waals surface area (Å²) >= 11 is 0. The number of carbonyl (C=O) groups excluding carboxylic acids is 1. The predicted octanol–water partition coefficient (Wildman–Crippen LogP) is 1.26. The van der Waals surface area contributed by atoms with E-state index in [2.05, 4.69) is 15.4 Å². The van der Waals surface area contributed by atoms with E-state index in [-0.39, 0.29) is 5.69 Å². The topological polar surface area (TPSA) is 127 Å². The third kappa shape index (κ3) is 3.15. The molecule has 0 saturated heterocycles. The second-order valence-electron chi connectivity index (χ2n) is 4.33. The number of benzene rings is 1. The average Bonchev–Trinajstić information content (AvgIpc) is 3.01. The summed E-state index contributed by atoms with van der Waals surface area (Å²) in [5, 5.41) is 18.7. The Balaban J connectivity index is 2.40. The van der Waals surface area contributed by atoms with Gasteiger partial charge in [0.15, 0.2) is 17.2 Å². The first-order chi connectivity index (χ1) is 10.7. The van der Waals surface area contributed by atoms with Gasteiger partial charge in [0.2, 0.25) is 0 Å². The number of amides is 1. The Labute approximate surface area is 126 Å². The van der Waals surface area contributed by atoms with Crippen LogP contribution in [0.2, 0.25) is 0 Å². The molecule has 2 aromatic rings. The molecule has 0 atom stereocenters. The highest BCUT2D eigenvalue weighted by molar-refractivity contribution is 5.97. The normalized spacial score (nSPS) is 10.0. The molecule has 1 aromatic carbocycles. The number of nitrogens with two attached hydrogens (primary N) is 1. The quantitative estimate of drug-likeness (QED) is 0.741. The number of carbonyl (C=O) groups is 1. The van der Waals surface area contributed by atoms with Crippen LogP contribution in [0.4, 0.5) is 0 Å². The first-order valence-corrected chi connectivity index (χ1v) is 6.56. The van der Waals surface area contributed by atoms with Crippen LogP contribution in [-0.4, -0.2) is 35.0 Å². The summed E-state index contributed by atoms with van der Waals surface area (Å²) in [6.45, 7) is 0.338. The van der Waals surface area contributed by atoms with Crippen molar-refractivity contribution in [1.82, 2.24) is 15.4 Å². The fourth-order valence-electron chi connectivity index (χ4n) is 1.93. The zero-order valence-corrected chi connectivity index (χ0v) is 12.0. The SMILES string of the molecule is COc1cccc(-c2n[nH]nc2C(N)=O)c1OCCCC#N. The molecule has 0 unspecified atom stereocenters. The molecule has 1 heterocycles. The summed E-state index contributed by atoms with van der Waals surface area (Å²) < 4.78 is 11.0. The number of ether oxygens (including phenoxy) is 2. The Hall–Kier alpha value is -3.08. The van der Waals surface area contributed by atoms with Gasteiger partial charge in [-0.3, -0.25) is 4.79 Å². The summed E-state index contributed by atoms with van der Waals surface area (Å²) in [4.78, 5) is 11.4. The van der Waals surface area contributed by atoms with Gasteiger partial charge in [0.1, 0.15) is 5.69 Å². The number of hydrogen-bond donors (Lipinski definition) is 2. The smallest absolute Gasteiger partial charge is 0.271 e. The lowest BCUT2D eigenvalue weighted by Gasteiger charge is -2.13. The van der Waals surface area contributed by atoms with Crippen molar-refractivity contribution in [2.75, 3.05) is 13.7 Å². The summed E-state index contributed by atoms with van der Waals surface area (Å²) in [5.41, 5.74) is 6.14. The van der Waals surface area contributed by atoms with E-state index >= 15 is 0 Å². The van der Waals surface area contributed by atoms with Crippen molar-refractivity contribution in [1.29, 1.82) is 5.26 Å². The van der Waals surface area contributed by atoms with Gasteiger partial charge in [-0.2, -0.15) is 20.7 Å². The molecule has 8 nitrogen and oxygen atoms in total. The third-order valence-corrected chi connectivity index (χ3v) is 2.91. The predicted molar refractivity (Wildman–Crippen MR) is 77.2 cm³/mol. The van der Waals surface area contributed by atoms with E-state index in [1.165, 1.54) is 7.11 Å². The molecule has 114 valence electrons. The van der Waals surface area contributed by atoms with Gasteiger partial charge in [0.05, 0.1) is 25.3 Å². The number of para-hydroxylation sites is 1. The fourth-order valence-corrected chi connectivity index (χ4v) is 1.93. The molecular weight excluding hydrogens is 286 g/mol. The van der Waals surface area contributed by atoms with Crippen LogP contribution in [0.5, 0.6) is 11.5 Å². The Bertz CT molecular complexity index is 705. The van der Waals surface area contributed by atoms with E-state index in [0.717, 1.165) is 0 Å². The molecule has 0 bridgehead atoms. The highest BCUT2D eigenvalue weighted by atomic mass is 16.5. The van der Waals surface area contributed by atoms with Crippen molar-refractivity contribution in [3.63, 3.8) is 0 Å². The molecule has 22 heavy (non-hydrogen) atoms. The van der Waals surface area contributed by atoms with Crippen LogP contribution in [0, 0.1) is 11.3 Å². The lowest BCUT2D eigenvalue weighted by atomic mass is 10.1. The van der Waals surface area contributed by atoms with Crippen LogP contribution in [0.1, 0.15) is 23.3 Å². The van der Waals surface area contributed by atoms with Crippen molar-refractivity contribution in [3.05, 3.63) is 23.9 Å². The molecule has 0 spiro atoms. The molecule has 0 saturated carbocycles. The van der Waals surface area contributed by atoms with Crippen LogP contribution in [0.3, 0.4) is 0 Å². The number of aromatic nitrogens is 3. The van der Waals surface area contributed by atoms with E-state index in [1.54, 1.807) is 18.2 Å². The Morgan fingerprint density at radius 2 is 2.27 bits per heavy atom. The molecule has 1 amide bonds. The lowest BCUT2D eigenvalue weighted by molar-refractivity contribution is 0.0996. The van der Waals surface area contributed by atoms with Crippen molar-refractivity contribution in [2.24, 2.45) is 5.73 Å². The molecule has 0 aliphatic heterocycles. The van der Waals surface area contributed by atoms with E-state index in [0.29, 0.717) is 42.2 Å². The second kappa shape index (κ2) is 7.08. The summed E-state index contributed by atoms with van der Waals surface area (Å²) in [6, 6.07) is 7.25. The number of nitriles is 1. The Kier molecular flexibility index (Phi) is 4.93. The number of unbranched alkanes of at least 4 members (excludes halogenated alkanes) is 1. The maximum Gasteiger partial charge on any atom is 0.271 e. The standard InChI is InChI=1S/C14H15N5O3/c1-21-10-6-4-5-9(13(10)22-8-3-2-7-15)11-12(14(16)20)18-19-17-11/h4-6H,2-3,8H2,1H3,(H2,16,20)(H,17,18,19). The van der Waals surface area contributed by atoms with Gasteiger partial charge in [0, 0.05) is 6.42 Å². The molecule has 0 radical (unpaired) electrons. The highest BCUT2D eigenvalue weighted by Crippen LogP contribution is 2.38. The van der Waals surface area contributed by atoms with Crippen LogP contribution in [0.15, 0.2) is 18.2 Å². The molecule has 0 aliphatic rings. The van der Waals surface area contributed by atoms with E-state index in [1.807, 2.05) is 6.07 Å². The number of hydrogen-bond acceptors (Lipinski definition) is 6. The van der Waals surface area contributed by atoms with Crippen molar-refractivity contribution >= 4 is 5.91 Å². The number of rotatable bonds is 7. The Morgan fingerprint density at radius 1 is 1.45 bits per heavy atom. The van der Waals surface area contributed by atoms with Gasteiger partial charge in [-0.15, -0.1) is 0 Å². The summed E-state index contributed by atoms with van der Waals surface area (Å²) in [6.07, 6.45) is 0.969. The summed E-state index contributed by atoms with van der Waals surface area (Å²) in [7, 11) is 1.51. The first kappa shape index (κ1) is 15.3. The van der Waals surface area contributed by atoms with Crippen molar-refractivity contribution in [3.8, 4) is 28.8 Å². The van der Waals surface area contributed by atoms with Crippen LogP contribution in [0.25, 0.3) is 11.3 Å². The number of nitrogens with zero attached hydrogens (tertiary/aromatic N) is 3. The fraction of sp³-hybridized carbons (Fsp3) is 0.286. The van der Waals surface area contributed by atoms with Gasteiger partial charge in [-0.25, -0.2) is 0 Å². The number of H-pyrrole nitrogens is 1.